The third-order valence-electron chi connectivity index (χ3n) is 1.72. The summed E-state index contributed by atoms with van der Waals surface area (Å²) >= 11 is 8.63. The standard InChI is InChI=1S/C8H7BrClF2NO.ClH/c9-3-1-2-4(10)5(7(3)14)6(13)8(11)12;/h1-2,6,8,14H,13H2;1H/t6-;/m0./s1. The lowest BCUT2D eigenvalue weighted by Crippen LogP contribution is -2.19. The van der Waals surface area contributed by atoms with Crippen molar-refractivity contribution in [3.05, 3.63) is 27.2 Å². The van der Waals surface area contributed by atoms with Crippen molar-refractivity contribution in [1.29, 1.82) is 0 Å². The molecule has 0 aliphatic heterocycles. The third kappa shape index (κ3) is 3.17. The van der Waals surface area contributed by atoms with Crippen LogP contribution in [0.25, 0.3) is 0 Å². The number of nitrogens with two attached hydrogens (primary N) is 1. The average molecular weight is 323 g/mol. The maximum Gasteiger partial charge on any atom is 0.257 e. The summed E-state index contributed by atoms with van der Waals surface area (Å²) in [5, 5.41) is 9.48. The Morgan fingerprint density at radius 3 is 2.40 bits per heavy atom. The quantitative estimate of drug-likeness (QED) is 0.875. The molecule has 3 N–H and O–H groups in total. The second-order valence-corrected chi connectivity index (χ2v) is 3.91. The lowest BCUT2D eigenvalue weighted by molar-refractivity contribution is 0.115. The fraction of sp³-hybridized carbons (Fsp3) is 0.250. The topological polar surface area (TPSA) is 46.2 Å². The first-order chi connectivity index (χ1) is 6.45. The van der Waals surface area contributed by atoms with Gasteiger partial charge in [0.05, 0.1) is 10.5 Å². The highest BCUT2D eigenvalue weighted by atomic mass is 79.9. The molecule has 1 aromatic carbocycles. The van der Waals surface area contributed by atoms with Crippen molar-refractivity contribution in [2.75, 3.05) is 0 Å². The molecule has 0 aliphatic rings. The van der Waals surface area contributed by atoms with Gasteiger partial charge in [0, 0.05) is 10.6 Å². The zero-order valence-electron chi connectivity index (χ0n) is 7.25. The molecule has 0 unspecified atom stereocenters. The zero-order chi connectivity index (χ0) is 10.9. The Kier molecular flexibility index (Phi) is 5.80. The smallest absolute Gasteiger partial charge is 0.257 e. The summed E-state index contributed by atoms with van der Waals surface area (Å²) in [7, 11) is 0. The molecule has 15 heavy (non-hydrogen) atoms. The summed E-state index contributed by atoms with van der Waals surface area (Å²) in [6.45, 7) is 0. The van der Waals surface area contributed by atoms with Gasteiger partial charge in [0.25, 0.3) is 6.43 Å². The van der Waals surface area contributed by atoms with Gasteiger partial charge >= 0.3 is 0 Å². The number of phenolic OH excluding ortho intramolecular Hbond substituents is 1. The molecule has 0 saturated carbocycles. The SMILES string of the molecule is Cl.N[C@@H](c1c(Cl)ccc(Br)c1O)C(F)F. The van der Waals surface area contributed by atoms with E-state index in [1.165, 1.54) is 12.1 Å². The van der Waals surface area contributed by atoms with Gasteiger partial charge in [-0.2, -0.15) is 0 Å². The molecule has 0 amide bonds. The summed E-state index contributed by atoms with van der Waals surface area (Å²) in [5.74, 6) is -0.342. The number of phenols is 1. The van der Waals surface area contributed by atoms with Crippen molar-refractivity contribution in [3.8, 4) is 5.75 Å². The van der Waals surface area contributed by atoms with E-state index < -0.39 is 12.5 Å². The van der Waals surface area contributed by atoms with Crippen LogP contribution in [0.4, 0.5) is 8.78 Å². The minimum absolute atomic E-state index is 0. The van der Waals surface area contributed by atoms with E-state index in [1.807, 2.05) is 0 Å². The Labute approximate surface area is 105 Å². The molecule has 0 spiro atoms. The molecule has 0 fully saturated rings. The molecular formula is C8H8BrCl2F2NO. The van der Waals surface area contributed by atoms with Crippen molar-refractivity contribution in [2.24, 2.45) is 5.73 Å². The molecule has 1 aromatic rings. The van der Waals surface area contributed by atoms with Crippen LogP contribution in [0, 0.1) is 0 Å². The van der Waals surface area contributed by atoms with Gasteiger partial charge in [0.15, 0.2) is 0 Å². The largest absolute Gasteiger partial charge is 0.506 e. The average Bonchev–Trinajstić information content (AvgIpc) is 2.12. The molecule has 0 aliphatic carbocycles. The predicted octanol–water partition coefficient (Wildman–Crippen LogP) is 3.49. The Morgan fingerprint density at radius 1 is 1.40 bits per heavy atom. The number of hydrogen-bond acceptors (Lipinski definition) is 2. The van der Waals surface area contributed by atoms with Gasteiger partial charge in [0.1, 0.15) is 5.75 Å². The second-order valence-electron chi connectivity index (χ2n) is 2.65. The lowest BCUT2D eigenvalue weighted by atomic mass is 10.1. The van der Waals surface area contributed by atoms with Crippen LogP contribution in [0.1, 0.15) is 11.6 Å². The van der Waals surface area contributed by atoms with E-state index in [-0.39, 0.29) is 33.2 Å². The maximum absolute atomic E-state index is 12.3. The first kappa shape index (κ1) is 14.9. The van der Waals surface area contributed by atoms with E-state index in [9.17, 15) is 13.9 Å². The van der Waals surface area contributed by atoms with Crippen LogP contribution in [0.2, 0.25) is 5.02 Å². The van der Waals surface area contributed by atoms with Crippen LogP contribution in [0.3, 0.4) is 0 Å². The van der Waals surface area contributed by atoms with Crippen LogP contribution in [0.15, 0.2) is 16.6 Å². The molecular weight excluding hydrogens is 315 g/mol. The van der Waals surface area contributed by atoms with Crippen molar-refractivity contribution in [1.82, 2.24) is 0 Å². The third-order valence-corrected chi connectivity index (χ3v) is 2.69. The summed E-state index contributed by atoms with van der Waals surface area (Å²) in [5.41, 5.74) is 5.05. The van der Waals surface area contributed by atoms with Crippen molar-refractivity contribution in [3.63, 3.8) is 0 Å². The Hall–Kier alpha value is -0.100. The van der Waals surface area contributed by atoms with Crippen molar-refractivity contribution in [2.45, 2.75) is 12.5 Å². The highest BCUT2D eigenvalue weighted by molar-refractivity contribution is 9.10. The van der Waals surface area contributed by atoms with E-state index in [2.05, 4.69) is 15.9 Å². The van der Waals surface area contributed by atoms with Crippen LogP contribution in [-0.4, -0.2) is 11.5 Å². The minimum Gasteiger partial charge on any atom is -0.506 e. The zero-order valence-corrected chi connectivity index (χ0v) is 10.4. The highest BCUT2D eigenvalue weighted by Gasteiger charge is 2.24. The number of benzene rings is 1. The number of alkyl halides is 2. The molecule has 1 rings (SSSR count). The molecule has 0 aromatic heterocycles. The minimum atomic E-state index is -2.77. The number of aromatic hydroxyl groups is 1. The van der Waals surface area contributed by atoms with Crippen molar-refractivity contribution < 1.29 is 13.9 Å². The van der Waals surface area contributed by atoms with Crippen LogP contribution in [0.5, 0.6) is 5.75 Å². The maximum atomic E-state index is 12.3. The van der Waals surface area contributed by atoms with Gasteiger partial charge in [-0.1, -0.05) is 11.6 Å². The normalized spacial score (nSPS) is 12.4. The monoisotopic (exact) mass is 321 g/mol. The van der Waals surface area contributed by atoms with Gasteiger partial charge in [0.2, 0.25) is 0 Å². The number of rotatable bonds is 2. The van der Waals surface area contributed by atoms with Gasteiger partial charge in [-0.3, -0.25) is 0 Å². The summed E-state index contributed by atoms with van der Waals surface area (Å²) in [6, 6.07) is 1.27. The van der Waals surface area contributed by atoms with Crippen LogP contribution >= 0.6 is 39.9 Å². The molecule has 7 heteroatoms. The predicted molar refractivity (Wildman–Crippen MR) is 61.0 cm³/mol. The fourth-order valence-electron chi connectivity index (χ4n) is 1.000. The van der Waals surface area contributed by atoms with Crippen molar-refractivity contribution >= 4 is 39.9 Å². The molecule has 0 radical (unpaired) electrons. The lowest BCUT2D eigenvalue weighted by Gasteiger charge is -2.15. The molecule has 0 heterocycles. The Bertz CT molecular complexity index is 352. The van der Waals surface area contributed by atoms with Gasteiger partial charge in [-0.15, -0.1) is 12.4 Å². The number of halogens is 5. The van der Waals surface area contributed by atoms with E-state index >= 15 is 0 Å². The Balaban J connectivity index is 0.00000196. The molecule has 86 valence electrons. The van der Waals surface area contributed by atoms with E-state index in [0.29, 0.717) is 0 Å². The van der Waals surface area contributed by atoms with E-state index in [0.717, 1.165) is 0 Å². The van der Waals surface area contributed by atoms with E-state index in [1.54, 1.807) is 0 Å². The summed E-state index contributed by atoms with van der Waals surface area (Å²) in [6.07, 6.45) is -2.77. The molecule has 1 atom stereocenters. The molecule has 0 saturated heterocycles. The van der Waals surface area contributed by atoms with Gasteiger partial charge in [-0.25, -0.2) is 8.78 Å². The Morgan fingerprint density at radius 2 is 1.93 bits per heavy atom. The fourth-order valence-corrected chi connectivity index (χ4v) is 1.62. The molecule has 0 bridgehead atoms. The van der Waals surface area contributed by atoms with Gasteiger partial charge < -0.3 is 10.8 Å². The second kappa shape index (κ2) is 5.84. The van der Waals surface area contributed by atoms with Crippen LogP contribution < -0.4 is 5.73 Å². The highest BCUT2D eigenvalue weighted by Crippen LogP contribution is 2.38. The number of hydrogen-bond donors (Lipinski definition) is 2. The first-order valence-corrected chi connectivity index (χ1v) is 4.82. The summed E-state index contributed by atoms with van der Waals surface area (Å²) in [4.78, 5) is 0. The van der Waals surface area contributed by atoms with E-state index in [4.69, 9.17) is 17.3 Å². The van der Waals surface area contributed by atoms with Crippen LogP contribution in [-0.2, 0) is 0 Å². The first-order valence-electron chi connectivity index (χ1n) is 3.65. The van der Waals surface area contributed by atoms with Gasteiger partial charge in [-0.05, 0) is 28.1 Å². The summed E-state index contributed by atoms with van der Waals surface area (Å²) < 4.78 is 24.9. The molecule has 2 nitrogen and oxygen atoms in total.